The highest BCUT2D eigenvalue weighted by atomic mass is 79.9. The summed E-state index contributed by atoms with van der Waals surface area (Å²) in [5, 5.41) is 10.0. The van der Waals surface area contributed by atoms with Crippen molar-refractivity contribution >= 4 is 15.9 Å². The fraction of sp³-hybridized carbons (Fsp3) is 0.400. The molecule has 0 spiro atoms. The molecule has 0 unspecified atom stereocenters. The third-order valence-electron chi connectivity index (χ3n) is 2.37. The number of aryl methyl sites for hydroxylation is 1. The van der Waals surface area contributed by atoms with Crippen LogP contribution >= 0.6 is 15.9 Å². The van der Waals surface area contributed by atoms with Crippen molar-refractivity contribution in [1.29, 1.82) is 0 Å². The van der Waals surface area contributed by atoms with Crippen LogP contribution < -0.4 is 0 Å². The summed E-state index contributed by atoms with van der Waals surface area (Å²) >= 11 is 3.39. The minimum Gasteiger partial charge on any atom is -0.380 e. The maximum absolute atomic E-state index is 10.0. The molecule has 2 rings (SSSR count). The van der Waals surface area contributed by atoms with Gasteiger partial charge in [-0.2, -0.15) is 0 Å². The van der Waals surface area contributed by atoms with Crippen molar-refractivity contribution in [2.45, 2.75) is 12.5 Å². The van der Waals surface area contributed by atoms with Gasteiger partial charge in [0.2, 0.25) is 0 Å². The Morgan fingerprint density at radius 1 is 1.46 bits per heavy atom. The molecular weight excluding hydrogens is 232 g/mol. The van der Waals surface area contributed by atoms with Crippen molar-refractivity contribution in [1.82, 2.24) is 0 Å². The summed E-state index contributed by atoms with van der Waals surface area (Å²) in [5.74, 6) is 0. The van der Waals surface area contributed by atoms with E-state index in [1.165, 1.54) is 0 Å². The van der Waals surface area contributed by atoms with Crippen LogP contribution in [0.4, 0.5) is 0 Å². The van der Waals surface area contributed by atoms with Gasteiger partial charge in [0.05, 0.1) is 13.2 Å². The van der Waals surface area contributed by atoms with Crippen molar-refractivity contribution in [2.24, 2.45) is 0 Å². The standard InChI is InChI=1S/C10H11BrO2/c1-7-4-8(11)2-3-9(7)10(12)5-13-6-10/h2-4,12H,5-6H2,1H3. The summed E-state index contributed by atoms with van der Waals surface area (Å²) in [6.07, 6.45) is 0. The van der Waals surface area contributed by atoms with Crippen LogP contribution in [0.5, 0.6) is 0 Å². The molecule has 0 aliphatic carbocycles. The number of aliphatic hydroxyl groups is 1. The van der Waals surface area contributed by atoms with Gasteiger partial charge in [-0.15, -0.1) is 0 Å². The summed E-state index contributed by atoms with van der Waals surface area (Å²) in [6, 6.07) is 5.90. The second kappa shape index (κ2) is 3.08. The number of rotatable bonds is 1. The van der Waals surface area contributed by atoms with Crippen LogP contribution in [-0.2, 0) is 10.3 Å². The van der Waals surface area contributed by atoms with Crippen molar-refractivity contribution in [3.8, 4) is 0 Å². The molecule has 1 heterocycles. The molecule has 70 valence electrons. The molecule has 1 aromatic carbocycles. The summed E-state index contributed by atoms with van der Waals surface area (Å²) in [6.45, 7) is 2.82. The molecular formula is C10H11BrO2. The van der Waals surface area contributed by atoms with E-state index in [-0.39, 0.29) is 0 Å². The first kappa shape index (κ1) is 9.19. The van der Waals surface area contributed by atoms with E-state index in [0.29, 0.717) is 13.2 Å². The molecule has 13 heavy (non-hydrogen) atoms. The largest absolute Gasteiger partial charge is 0.380 e. The predicted octanol–water partition coefficient (Wildman–Crippen LogP) is 1.98. The quantitative estimate of drug-likeness (QED) is 0.817. The first-order valence-corrected chi connectivity index (χ1v) is 4.98. The van der Waals surface area contributed by atoms with Gasteiger partial charge in [0, 0.05) is 4.47 Å². The molecule has 0 amide bonds. The first-order valence-electron chi connectivity index (χ1n) is 4.19. The number of ether oxygens (including phenoxy) is 1. The van der Waals surface area contributed by atoms with Crippen LogP contribution in [0.25, 0.3) is 0 Å². The van der Waals surface area contributed by atoms with E-state index in [4.69, 9.17) is 4.74 Å². The SMILES string of the molecule is Cc1cc(Br)ccc1C1(O)COC1. The van der Waals surface area contributed by atoms with Gasteiger partial charge in [0.1, 0.15) is 5.60 Å². The third kappa shape index (κ3) is 1.52. The van der Waals surface area contributed by atoms with Gasteiger partial charge in [0.15, 0.2) is 0 Å². The Labute approximate surface area is 85.7 Å². The number of benzene rings is 1. The summed E-state index contributed by atoms with van der Waals surface area (Å²) < 4.78 is 6.06. The van der Waals surface area contributed by atoms with Crippen LogP contribution in [0, 0.1) is 6.92 Å². The molecule has 0 aromatic heterocycles. The van der Waals surface area contributed by atoms with E-state index in [0.717, 1.165) is 15.6 Å². The van der Waals surface area contributed by atoms with E-state index in [9.17, 15) is 5.11 Å². The zero-order valence-electron chi connectivity index (χ0n) is 7.38. The predicted molar refractivity (Wildman–Crippen MR) is 53.6 cm³/mol. The summed E-state index contributed by atoms with van der Waals surface area (Å²) in [4.78, 5) is 0. The molecule has 1 aromatic rings. The van der Waals surface area contributed by atoms with Crippen molar-refractivity contribution in [3.63, 3.8) is 0 Å². The topological polar surface area (TPSA) is 29.5 Å². The molecule has 1 aliphatic rings. The van der Waals surface area contributed by atoms with Gasteiger partial charge >= 0.3 is 0 Å². The Hall–Kier alpha value is -0.380. The van der Waals surface area contributed by atoms with Crippen LogP contribution in [-0.4, -0.2) is 18.3 Å². The minimum absolute atomic E-state index is 0.412. The fourth-order valence-electron chi connectivity index (χ4n) is 1.60. The Morgan fingerprint density at radius 3 is 2.62 bits per heavy atom. The Kier molecular flexibility index (Phi) is 2.18. The van der Waals surface area contributed by atoms with E-state index in [1.54, 1.807) is 0 Å². The maximum Gasteiger partial charge on any atom is 0.136 e. The minimum atomic E-state index is -0.745. The third-order valence-corrected chi connectivity index (χ3v) is 2.86. The smallest absolute Gasteiger partial charge is 0.136 e. The first-order chi connectivity index (χ1) is 6.12. The maximum atomic E-state index is 10.0. The van der Waals surface area contributed by atoms with Gasteiger partial charge in [-0.1, -0.05) is 22.0 Å². The van der Waals surface area contributed by atoms with Gasteiger partial charge in [-0.05, 0) is 30.2 Å². The Bertz CT molecular complexity index is 332. The van der Waals surface area contributed by atoms with Crippen LogP contribution in [0.15, 0.2) is 22.7 Å². The van der Waals surface area contributed by atoms with Crippen LogP contribution in [0.1, 0.15) is 11.1 Å². The lowest BCUT2D eigenvalue weighted by Crippen LogP contribution is -2.46. The summed E-state index contributed by atoms with van der Waals surface area (Å²) in [5.41, 5.74) is 1.33. The number of hydrogen-bond donors (Lipinski definition) is 1. The molecule has 0 bridgehead atoms. The van der Waals surface area contributed by atoms with E-state index in [2.05, 4.69) is 15.9 Å². The molecule has 1 fully saturated rings. The van der Waals surface area contributed by atoms with Gasteiger partial charge in [-0.3, -0.25) is 0 Å². The lowest BCUT2D eigenvalue weighted by Gasteiger charge is -2.37. The fourth-order valence-corrected chi connectivity index (χ4v) is 2.08. The van der Waals surface area contributed by atoms with E-state index < -0.39 is 5.60 Å². The monoisotopic (exact) mass is 242 g/mol. The second-order valence-electron chi connectivity index (χ2n) is 3.48. The molecule has 0 radical (unpaired) electrons. The highest BCUT2D eigenvalue weighted by Crippen LogP contribution is 2.32. The molecule has 1 saturated heterocycles. The molecule has 1 N–H and O–H groups in total. The second-order valence-corrected chi connectivity index (χ2v) is 4.40. The lowest BCUT2D eigenvalue weighted by molar-refractivity contribution is -0.184. The number of hydrogen-bond acceptors (Lipinski definition) is 2. The molecule has 1 aliphatic heterocycles. The van der Waals surface area contributed by atoms with Crippen molar-refractivity contribution in [3.05, 3.63) is 33.8 Å². The van der Waals surface area contributed by atoms with E-state index in [1.807, 2.05) is 25.1 Å². The zero-order valence-corrected chi connectivity index (χ0v) is 8.97. The average molecular weight is 243 g/mol. The summed E-state index contributed by atoms with van der Waals surface area (Å²) in [7, 11) is 0. The highest BCUT2D eigenvalue weighted by molar-refractivity contribution is 9.10. The number of halogens is 1. The van der Waals surface area contributed by atoms with Crippen molar-refractivity contribution < 1.29 is 9.84 Å². The molecule has 0 atom stereocenters. The lowest BCUT2D eigenvalue weighted by atomic mass is 9.89. The zero-order chi connectivity index (χ0) is 9.47. The van der Waals surface area contributed by atoms with Gasteiger partial charge in [-0.25, -0.2) is 0 Å². The van der Waals surface area contributed by atoms with Crippen LogP contribution in [0.3, 0.4) is 0 Å². The Balaban J connectivity index is 2.40. The Morgan fingerprint density at radius 2 is 2.15 bits per heavy atom. The molecule has 0 saturated carbocycles. The van der Waals surface area contributed by atoms with Crippen molar-refractivity contribution in [2.75, 3.05) is 13.2 Å². The van der Waals surface area contributed by atoms with Gasteiger partial charge < -0.3 is 9.84 Å². The molecule has 3 heteroatoms. The van der Waals surface area contributed by atoms with E-state index >= 15 is 0 Å². The van der Waals surface area contributed by atoms with Gasteiger partial charge in [0.25, 0.3) is 0 Å². The normalized spacial score (nSPS) is 19.6. The highest BCUT2D eigenvalue weighted by Gasteiger charge is 2.38. The van der Waals surface area contributed by atoms with Crippen LogP contribution in [0.2, 0.25) is 0 Å². The average Bonchev–Trinajstić information content (AvgIpc) is 2.00. The molecule has 2 nitrogen and oxygen atoms in total.